The fourth-order valence-corrected chi connectivity index (χ4v) is 6.58. The standard InChI is InChI=1S/C24H41NO2SSi/c1-19(2)23(17-27-29(7,8)24(4,5)6)25-28(26,18-21-11-9-10-12-21)22-15-13-20(3)14-16-22/h11,13-16,19,23H,9-10,12,17-18H2,1-8H3/t23-,28?/m0/s1. The molecule has 1 aliphatic rings. The topological polar surface area (TPSA) is 38.7 Å². The molecule has 1 unspecified atom stereocenters. The lowest BCUT2D eigenvalue weighted by atomic mass is 10.1. The number of hydrogen-bond acceptors (Lipinski definition) is 3. The Balaban J connectivity index is 2.39. The van der Waals surface area contributed by atoms with Crippen LogP contribution < -0.4 is 0 Å². The number of nitrogens with zero attached hydrogens (tertiary/aromatic N) is 1. The smallest absolute Gasteiger partial charge is 0.192 e. The van der Waals surface area contributed by atoms with E-state index in [1.165, 1.54) is 17.6 Å². The Morgan fingerprint density at radius 1 is 1.17 bits per heavy atom. The van der Waals surface area contributed by atoms with Gasteiger partial charge in [-0.2, -0.15) is 0 Å². The molecular formula is C24H41NO2SSi. The van der Waals surface area contributed by atoms with Crippen LogP contribution in [0.1, 0.15) is 59.4 Å². The van der Waals surface area contributed by atoms with Crippen molar-refractivity contribution in [1.82, 2.24) is 0 Å². The predicted molar refractivity (Wildman–Crippen MR) is 129 cm³/mol. The van der Waals surface area contributed by atoms with E-state index < -0.39 is 18.0 Å². The van der Waals surface area contributed by atoms with Crippen LogP contribution in [0.3, 0.4) is 0 Å². The Labute approximate surface area is 180 Å². The minimum Gasteiger partial charge on any atom is -0.415 e. The van der Waals surface area contributed by atoms with E-state index in [9.17, 15) is 4.21 Å². The van der Waals surface area contributed by atoms with Crippen molar-refractivity contribution in [2.45, 2.75) is 89.9 Å². The predicted octanol–water partition coefficient (Wildman–Crippen LogP) is 6.98. The number of aryl methyl sites for hydroxylation is 1. The van der Waals surface area contributed by atoms with Crippen molar-refractivity contribution in [2.24, 2.45) is 10.3 Å². The lowest BCUT2D eigenvalue weighted by molar-refractivity contribution is 0.240. The van der Waals surface area contributed by atoms with Crippen LogP contribution in [0.2, 0.25) is 18.1 Å². The Hall–Kier alpha value is -0.913. The summed E-state index contributed by atoms with van der Waals surface area (Å²) in [6.07, 6.45) is 5.58. The number of allylic oxidation sites excluding steroid dienone is 1. The van der Waals surface area contributed by atoms with Crippen LogP contribution in [0.25, 0.3) is 0 Å². The van der Waals surface area contributed by atoms with Crippen LogP contribution in [0, 0.1) is 12.8 Å². The molecule has 2 atom stereocenters. The van der Waals surface area contributed by atoms with Crippen LogP contribution in [0.4, 0.5) is 0 Å². The lowest BCUT2D eigenvalue weighted by Crippen LogP contribution is -2.43. The first-order chi connectivity index (χ1) is 13.3. The van der Waals surface area contributed by atoms with Gasteiger partial charge in [0.05, 0.1) is 28.1 Å². The van der Waals surface area contributed by atoms with Crippen molar-refractivity contribution in [3.63, 3.8) is 0 Å². The molecule has 0 aliphatic heterocycles. The first-order valence-corrected chi connectivity index (χ1v) is 15.6. The van der Waals surface area contributed by atoms with E-state index in [-0.39, 0.29) is 17.0 Å². The van der Waals surface area contributed by atoms with E-state index in [1.54, 1.807) is 0 Å². The molecule has 3 nitrogen and oxygen atoms in total. The molecule has 5 heteroatoms. The molecule has 0 radical (unpaired) electrons. The number of hydrogen-bond donors (Lipinski definition) is 0. The minimum atomic E-state index is -2.52. The first-order valence-electron chi connectivity index (χ1n) is 11.0. The average molecular weight is 436 g/mol. The van der Waals surface area contributed by atoms with Crippen molar-refractivity contribution >= 4 is 18.0 Å². The maximum atomic E-state index is 14.2. The SMILES string of the molecule is Cc1ccc(S(=O)(CC2=CCCC2)=N[C@@H](CO[Si](C)(C)C(C)(C)C)C(C)C)cc1. The van der Waals surface area contributed by atoms with Gasteiger partial charge in [0.25, 0.3) is 0 Å². The van der Waals surface area contributed by atoms with Gasteiger partial charge < -0.3 is 4.43 Å². The van der Waals surface area contributed by atoms with Gasteiger partial charge in [-0.1, -0.05) is 64.0 Å². The van der Waals surface area contributed by atoms with Gasteiger partial charge in [-0.3, -0.25) is 0 Å². The van der Waals surface area contributed by atoms with Crippen LogP contribution >= 0.6 is 0 Å². The highest BCUT2D eigenvalue weighted by Gasteiger charge is 2.38. The highest BCUT2D eigenvalue weighted by atomic mass is 32.2. The molecule has 0 saturated heterocycles. The highest BCUT2D eigenvalue weighted by Crippen LogP contribution is 2.37. The average Bonchev–Trinajstić information content (AvgIpc) is 3.10. The zero-order valence-corrected chi connectivity index (χ0v) is 21.6. The molecule has 1 aliphatic carbocycles. The fraction of sp³-hybridized carbons (Fsp3) is 0.667. The summed E-state index contributed by atoms with van der Waals surface area (Å²) >= 11 is 0. The number of rotatable bonds is 8. The van der Waals surface area contributed by atoms with Crippen molar-refractivity contribution < 1.29 is 8.63 Å². The second kappa shape index (κ2) is 9.48. The Kier molecular flexibility index (Phi) is 7.97. The van der Waals surface area contributed by atoms with Crippen molar-refractivity contribution in [2.75, 3.05) is 12.4 Å². The largest absolute Gasteiger partial charge is 0.415 e. The molecular weight excluding hydrogens is 394 g/mol. The zero-order valence-electron chi connectivity index (χ0n) is 19.7. The Bertz CT molecular complexity index is 825. The maximum Gasteiger partial charge on any atom is 0.192 e. The Morgan fingerprint density at radius 3 is 2.28 bits per heavy atom. The molecule has 0 amide bonds. The quantitative estimate of drug-likeness (QED) is 0.326. The zero-order chi connectivity index (χ0) is 21.9. The van der Waals surface area contributed by atoms with Gasteiger partial charge >= 0.3 is 0 Å². The maximum absolute atomic E-state index is 14.2. The summed E-state index contributed by atoms with van der Waals surface area (Å²) in [7, 11) is -4.40. The van der Waals surface area contributed by atoms with E-state index in [2.05, 4.69) is 60.7 Å². The molecule has 0 saturated carbocycles. The van der Waals surface area contributed by atoms with Gasteiger partial charge in [-0.25, -0.2) is 8.57 Å². The van der Waals surface area contributed by atoms with Crippen LogP contribution in [0.5, 0.6) is 0 Å². The molecule has 29 heavy (non-hydrogen) atoms. The molecule has 0 N–H and O–H groups in total. The third-order valence-corrected chi connectivity index (χ3v) is 13.3. The van der Waals surface area contributed by atoms with E-state index in [1.807, 2.05) is 24.3 Å². The second-order valence-corrected chi connectivity index (χ2v) is 17.4. The summed E-state index contributed by atoms with van der Waals surface area (Å²) in [5, 5.41) is 0.154. The molecule has 0 fully saturated rings. The minimum absolute atomic E-state index is 0.0695. The van der Waals surface area contributed by atoms with E-state index in [4.69, 9.17) is 8.79 Å². The summed E-state index contributed by atoms with van der Waals surface area (Å²) in [5.41, 5.74) is 2.48. The van der Waals surface area contributed by atoms with Gasteiger partial charge in [-0.15, -0.1) is 0 Å². The summed E-state index contributed by atoms with van der Waals surface area (Å²) in [6.45, 7) is 18.2. The second-order valence-electron chi connectivity index (χ2n) is 10.3. The lowest BCUT2D eigenvalue weighted by Gasteiger charge is -2.37. The summed E-state index contributed by atoms with van der Waals surface area (Å²) < 4.78 is 25.8. The third-order valence-electron chi connectivity index (χ3n) is 6.40. The normalized spacial score (nSPS) is 18.4. The summed E-state index contributed by atoms with van der Waals surface area (Å²) in [4.78, 5) is 0.855. The van der Waals surface area contributed by atoms with E-state index in [0.717, 1.165) is 17.7 Å². The van der Waals surface area contributed by atoms with Gasteiger partial charge in [0, 0.05) is 4.90 Å². The molecule has 0 aromatic heterocycles. The fourth-order valence-electron chi connectivity index (χ4n) is 3.13. The van der Waals surface area contributed by atoms with Gasteiger partial charge in [0.15, 0.2) is 8.32 Å². The molecule has 2 rings (SSSR count). The first kappa shape index (κ1) is 24.4. The van der Waals surface area contributed by atoms with Gasteiger partial charge in [-0.05, 0) is 62.4 Å². The van der Waals surface area contributed by atoms with Crippen LogP contribution in [-0.4, -0.2) is 30.9 Å². The summed E-state index contributed by atoms with van der Waals surface area (Å²) in [5.74, 6) is 0.836. The van der Waals surface area contributed by atoms with Gasteiger partial charge in [0.1, 0.15) is 0 Å². The monoisotopic (exact) mass is 435 g/mol. The molecule has 0 heterocycles. The van der Waals surface area contributed by atoms with E-state index in [0.29, 0.717) is 12.4 Å². The third kappa shape index (κ3) is 6.53. The number of benzene rings is 1. The molecule has 1 aromatic carbocycles. The molecule has 0 bridgehead atoms. The molecule has 1 aromatic rings. The van der Waals surface area contributed by atoms with Crippen molar-refractivity contribution in [3.05, 3.63) is 41.5 Å². The molecule has 0 spiro atoms. The van der Waals surface area contributed by atoms with Crippen LogP contribution in [0.15, 0.2) is 45.2 Å². The van der Waals surface area contributed by atoms with E-state index >= 15 is 0 Å². The molecule has 164 valence electrons. The highest BCUT2D eigenvalue weighted by molar-refractivity contribution is 7.93. The van der Waals surface area contributed by atoms with Crippen molar-refractivity contribution in [1.29, 1.82) is 0 Å². The van der Waals surface area contributed by atoms with Crippen LogP contribution in [-0.2, 0) is 14.2 Å². The van der Waals surface area contributed by atoms with Gasteiger partial charge in [0.2, 0.25) is 0 Å². The van der Waals surface area contributed by atoms with Crippen molar-refractivity contribution in [3.8, 4) is 0 Å². The Morgan fingerprint density at radius 2 is 1.79 bits per heavy atom. The summed E-state index contributed by atoms with van der Waals surface area (Å²) in [6, 6.07) is 8.03.